The minimum absolute atomic E-state index is 0.234. The molecule has 5 heteroatoms. The number of ether oxygens (including phenoxy) is 3. The molecule has 0 bridgehead atoms. The van der Waals surface area contributed by atoms with Gasteiger partial charge in [0, 0.05) is 0 Å². The van der Waals surface area contributed by atoms with E-state index in [1.807, 2.05) is 13.8 Å². The first-order chi connectivity index (χ1) is 7.65. The van der Waals surface area contributed by atoms with Gasteiger partial charge >= 0.3 is 12.1 Å². The molecule has 100 valence electrons. The highest BCUT2D eigenvalue weighted by molar-refractivity contribution is 5.81. The predicted octanol–water partition coefficient (Wildman–Crippen LogP) is 2.53. The van der Waals surface area contributed by atoms with Crippen molar-refractivity contribution in [3.8, 4) is 0 Å². The molecule has 0 saturated carbocycles. The van der Waals surface area contributed by atoms with Crippen LogP contribution in [0.2, 0.25) is 0 Å². The third-order valence-corrected chi connectivity index (χ3v) is 1.71. The molecule has 17 heavy (non-hydrogen) atoms. The van der Waals surface area contributed by atoms with E-state index in [4.69, 9.17) is 14.2 Å². The fourth-order valence-electron chi connectivity index (χ4n) is 0.883. The van der Waals surface area contributed by atoms with Crippen LogP contribution in [0, 0.1) is 5.92 Å². The lowest BCUT2D eigenvalue weighted by molar-refractivity contribution is -0.165. The second-order valence-corrected chi connectivity index (χ2v) is 5.02. The maximum atomic E-state index is 11.6. The Balaban J connectivity index is 4.26. The summed E-state index contributed by atoms with van der Waals surface area (Å²) in [5, 5.41) is 0. The third kappa shape index (κ3) is 6.81. The standard InChI is InChI=1S/C12H22O5/c1-8(2)7-15-10(13)12(5,6)17-11(14)16-9(3)4/h8-9H,7H2,1-6H3. The molecule has 0 aliphatic rings. The van der Waals surface area contributed by atoms with Crippen LogP contribution in [0.1, 0.15) is 41.5 Å². The van der Waals surface area contributed by atoms with Crippen LogP contribution in [-0.4, -0.2) is 30.4 Å². The average molecular weight is 246 g/mol. The molecule has 0 amide bonds. The van der Waals surface area contributed by atoms with E-state index in [-0.39, 0.29) is 12.0 Å². The summed E-state index contributed by atoms with van der Waals surface area (Å²) in [5.74, 6) is -0.343. The van der Waals surface area contributed by atoms with E-state index in [1.165, 1.54) is 13.8 Å². The van der Waals surface area contributed by atoms with E-state index >= 15 is 0 Å². The average Bonchev–Trinajstić information content (AvgIpc) is 2.11. The number of carbonyl (C=O) groups is 2. The number of carbonyl (C=O) groups excluding carboxylic acids is 2. The summed E-state index contributed by atoms with van der Waals surface area (Å²) in [5.41, 5.74) is -1.33. The maximum absolute atomic E-state index is 11.6. The molecule has 0 N–H and O–H groups in total. The van der Waals surface area contributed by atoms with Gasteiger partial charge in [0.2, 0.25) is 5.60 Å². The van der Waals surface area contributed by atoms with Gasteiger partial charge in [-0.1, -0.05) is 13.8 Å². The fourth-order valence-corrected chi connectivity index (χ4v) is 0.883. The Kier molecular flexibility index (Phi) is 5.99. The number of esters is 1. The molecule has 0 saturated heterocycles. The highest BCUT2D eigenvalue weighted by atomic mass is 16.7. The van der Waals surface area contributed by atoms with Crippen molar-refractivity contribution in [3.05, 3.63) is 0 Å². The number of rotatable bonds is 5. The molecular weight excluding hydrogens is 224 g/mol. The molecule has 0 spiro atoms. The molecular formula is C12H22O5. The Morgan fingerprint density at radius 1 is 1.12 bits per heavy atom. The first-order valence-corrected chi connectivity index (χ1v) is 5.72. The normalized spacial score (nSPS) is 11.5. The quantitative estimate of drug-likeness (QED) is 0.697. The highest BCUT2D eigenvalue weighted by Crippen LogP contribution is 2.14. The Labute approximate surface area is 102 Å². The minimum Gasteiger partial charge on any atom is -0.462 e. The monoisotopic (exact) mass is 246 g/mol. The van der Waals surface area contributed by atoms with Crippen LogP contribution in [0.3, 0.4) is 0 Å². The highest BCUT2D eigenvalue weighted by Gasteiger charge is 2.34. The van der Waals surface area contributed by atoms with Gasteiger partial charge < -0.3 is 14.2 Å². The second-order valence-electron chi connectivity index (χ2n) is 5.02. The van der Waals surface area contributed by atoms with Crippen molar-refractivity contribution in [2.24, 2.45) is 5.92 Å². The zero-order chi connectivity index (χ0) is 13.6. The van der Waals surface area contributed by atoms with Crippen molar-refractivity contribution < 1.29 is 23.8 Å². The van der Waals surface area contributed by atoms with Crippen LogP contribution >= 0.6 is 0 Å². The SMILES string of the molecule is CC(C)COC(=O)C(C)(C)OC(=O)OC(C)C. The van der Waals surface area contributed by atoms with Gasteiger partial charge in [-0.15, -0.1) is 0 Å². The lowest BCUT2D eigenvalue weighted by Gasteiger charge is -2.23. The first-order valence-electron chi connectivity index (χ1n) is 5.72. The molecule has 0 unspecified atom stereocenters. The van der Waals surface area contributed by atoms with Crippen LogP contribution in [0.25, 0.3) is 0 Å². The molecule has 0 aromatic heterocycles. The fraction of sp³-hybridized carbons (Fsp3) is 0.833. The van der Waals surface area contributed by atoms with E-state index < -0.39 is 17.7 Å². The minimum atomic E-state index is -1.33. The smallest absolute Gasteiger partial charge is 0.462 e. The maximum Gasteiger partial charge on any atom is 0.509 e. The van der Waals surface area contributed by atoms with Crippen molar-refractivity contribution in [2.75, 3.05) is 6.61 Å². The van der Waals surface area contributed by atoms with E-state index in [2.05, 4.69) is 0 Å². The van der Waals surface area contributed by atoms with Crippen LogP contribution in [0.5, 0.6) is 0 Å². The summed E-state index contributed by atoms with van der Waals surface area (Å²) in [4.78, 5) is 22.9. The van der Waals surface area contributed by atoms with Crippen molar-refractivity contribution in [2.45, 2.75) is 53.2 Å². The largest absolute Gasteiger partial charge is 0.509 e. The molecule has 0 aliphatic carbocycles. The van der Waals surface area contributed by atoms with Crippen molar-refractivity contribution in [1.82, 2.24) is 0 Å². The Hall–Kier alpha value is -1.26. The summed E-state index contributed by atoms with van der Waals surface area (Å²) < 4.78 is 14.7. The molecule has 0 aromatic carbocycles. The Morgan fingerprint density at radius 2 is 1.65 bits per heavy atom. The van der Waals surface area contributed by atoms with Crippen LogP contribution in [0.15, 0.2) is 0 Å². The lowest BCUT2D eigenvalue weighted by atomic mass is 10.1. The van der Waals surface area contributed by atoms with Crippen LogP contribution in [0.4, 0.5) is 4.79 Å². The summed E-state index contributed by atoms with van der Waals surface area (Å²) >= 11 is 0. The van der Waals surface area contributed by atoms with Gasteiger partial charge in [-0.2, -0.15) is 0 Å². The first kappa shape index (κ1) is 15.7. The Morgan fingerprint density at radius 3 is 2.06 bits per heavy atom. The summed E-state index contributed by atoms with van der Waals surface area (Å²) in [6, 6.07) is 0. The van der Waals surface area contributed by atoms with Gasteiger partial charge in [-0.25, -0.2) is 9.59 Å². The van der Waals surface area contributed by atoms with Crippen LogP contribution in [-0.2, 0) is 19.0 Å². The second kappa shape index (κ2) is 6.47. The molecule has 0 aromatic rings. The van der Waals surface area contributed by atoms with E-state index in [0.717, 1.165) is 0 Å². The lowest BCUT2D eigenvalue weighted by Crippen LogP contribution is -2.39. The topological polar surface area (TPSA) is 61.8 Å². The molecule has 0 aliphatic heterocycles. The van der Waals surface area contributed by atoms with Crippen molar-refractivity contribution in [1.29, 1.82) is 0 Å². The van der Waals surface area contributed by atoms with Crippen molar-refractivity contribution in [3.63, 3.8) is 0 Å². The predicted molar refractivity (Wildman–Crippen MR) is 62.6 cm³/mol. The van der Waals surface area contributed by atoms with E-state index in [1.54, 1.807) is 13.8 Å². The summed E-state index contributed by atoms with van der Waals surface area (Å²) in [7, 11) is 0. The van der Waals surface area contributed by atoms with Gasteiger partial charge in [0.15, 0.2) is 0 Å². The summed E-state index contributed by atoms with van der Waals surface area (Å²) in [6.45, 7) is 10.5. The number of hydrogen-bond donors (Lipinski definition) is 0. The molecule has 0 heterocycles. The molecule has 0 atom stereocenters. The molecule has 0 rings (SSSR count). The zero-order valence-corrected chi connectivity index (χ0v) is 11.4. The van der Waals surface area contributed by atoms with Gasteiger partial charge in [-0.3, -0.25) is 0 Å². The van der Waals surface area contributed by atoms with Gasteiger partial charge in [-0.05, 0) is 33.6 Å². The number of hydrogen-bond acceptors (Lipinski definition) is 5. The molecule has 5 nitrogen and oxygen atoms in total. The third-order valence-electron chi connectivity index (χ3n) is 1.71. The molecule has 0 radical (unpaired) electrons. The van der Waals surface area contributed by atoms with Crippen molar-refractivity contribution >= 4 is 12.1 Å². The van der Waals surface area contributed by atoms with Gasteiger partial charge in [0.05, 0.1) is 12.7 Å². The summed E-state index contributed by atoms with van der Waals surface area (Å²) in [6.07, 6.45) is -1.16. The zero-order valence-electron chi connectivity index (χ0n) is 11.4. The van der Waals surface area contributed by atoms with E-state index in [9.17, 15) is 9.59 Å². The Bertz CT molecular complexity index is 268. The van der Waals surface area contributed by atoms with Crippen LogP contribution < -0.4 is 0 Å². The van der Waals surface area contributed by atoms with Gasteiger partial charge in [0.1, 0.15) is 0 Å². The molecule has 0 fully saturated rings. The van der Waals surface area contributed by atoms with Gasteiger partial charge in [0.25, 0.3) is 0 Å². The van der Waals surface area contributed by atoms with E-state index in [0.29, 0.717) is 6.61 Å².